The van der Waals surface area contributed by atoms with E-state index in [0.29, 0.717) is 18.7 Å². The van der Waals surface area contributed by atoms with Crippen molar-refractivity contribution in [1.82, 2.24) is 5.32 Å². The van der Waals surface area contributed by atoms with Crippen molar-refractivity contribution >= 4 is 18.0 Å². The molecule has 2 aromatic carbocycles. The molecular weight excluding hydrogens is 370 g/mol. The maximum absolute atomic E-state index is 12.2. The normalized spacial score (nSPS) is 14.9. The Labute approximate surface area is 170 Å². The molecule has 0 aliphatic carbocycles. The maximum Gasteiger partial charge on any atom is 0.337 e. The van der Waals surface area contributed by atoms with E-state index in [2.05, 4.69) is 10.1 Å². The summed E-state index contributed by atoms with van der Waals surface area (Å²) >= 11 is 0. The number of hydrogen-bond donors (Lipinski definition) is 1. The highest BCUT2D eigenvalue weighted by atomic mass is 16.5. The quantitative estimate of drug-likeness (QED) is 0.574. The van der Waals surface area contributed by atoms with Crippen molar-refractivity contribution in [2.75, 3.05) is 13.7 Å². The van der Waals surface area contributed by atoms with Crippen molar-refractivity contribution in [2.45, 2.75) is 32.9 Å². The Morgan fingerprint density at radius 2 is 2.00 bits per heavy atom. The second-order valence-electron chi connectivity index (χ2n) is 6.80. The van der Waals surface area contributed by atoms with Gasteiger partial charge in [0.05, 0.1) is 19.3 Å². The highest BCUT2D eigenvalue weighted by Gasteiger charge is 2.21. The second-order valence-corrected chi connectivity index (χ2v) is 6.80. The molecular formula is C23H25NO5. The van der Waals surface area contributed by atoms with Crippen LogP contribution in [-0.2, 0) is 22.5 Å². The lowest BCUT2D eigenvalue weighted by atomic mass is 10.1. The first-order chi connectivity index (χ1) is 14.0. The molecule has 0 saturated carbocycles. The summed E-state index contributed by atoms with van der Waals surface area (Å²) in [5.41, 5.74) is 3.28. The standard InChI is InChI=1S/C23H25NO5/c1-4-28-20-13-19-11-15(2)29-21(19)12-18(20)9-10-22(25)24-14-16-5-7-17(8-6-16)23(26)27-3/h5-10,12-13,15H,4,11,14H2,1-3H3,(H,24,25). The molecule has 0 fully saturated rings. The lowest BCUT2D eigenvalue weighted by Crippen LogP contribution is -2.20. The molecule has 6 nitrogen and oxygen atoms in total. The van der Waals surface area contributed by atoms with Gasteiger partial charge in [0, 0.05) is 30.2 Å². The van der Waals surface area contributed by atoms with E-state index in [0.717, 1.165) is 34.6 Å². The summed E-state index contributed by atoms with van der Waals surface area (Å²) in [6, 6.07) is 10.8. The molecule has 1 amide bonds. The smallest absolute Gasteiger partial charge is 0.337 e. The van der Waals surface area contributed by atoms with E-state index >= 15 is 0 Å². The van der Waals surface area contributed by atoms with Crippen LogP contribution in [0.1, 0.15) is 40.9 Å². The number of amides is 1. The number of nitrogens with one attached hydrogen (secondary N) is 1. The zero-order valence-corrected chi connectivity index (χ0v) is 16.9. The molecule has 3 rings (SSSR count). The number of carbonyl (C=O) groups is 2. The van der Waals surface area contributed by atoms with Gasteiger partial charge in [-0.3, -0.25) is 4.79 Å². The Morgan fingerprint density at radius 1 is 1.24 bits per heavy atom. The van der Waals surface area contributed by atoms with Gasteiger partial charge >= 0.3 is 5.97 Å². The Kier molecular flexibility index (Phi) is 6.54. The van der Waals surface area contributed by atoms with Gasteiger partial charge in [-0.05, 0) is 49.8 Å². The fourth-order valence-electron chi connectivity index (χ4n) is 3.16. The van der Waals surface area contributed by atoms with Crippen LogP contribution in [0.3, 0.4) is 0 Å². The van der Waals surface area contributed by atoms with Crippen molar-refractivity contribution in [2.24, 2.45) is 0 Å². The lowest BCUT2D eigenvalue weighted by Gasteiger charge is -2.10. The third kappa shape index (κ3) is 5.16. The Bertz CT molecular complexity index is 918. The second kappa shape index (κ2) is 9.28. The van der Waals surface area contributed by atoms with Crippen LogP contribution in [0.25, 0.3) is 6.08 Å². The summed E-state index contributed by atoms with van der Waals surface area (Å²) in [5.74, 6) is 0.971. The van der Waals surface area contributed by atoms with Crippen molar-refractivity contribution in [3.8, 4) is 11.5 Å². The van der Waals surface area contributed by atoms with E-state index < -0.39 is 0 Å². The first-order valence-electron chi connectivity index (χ1n) is 9.59. The van der Waals surface area contributed by atoms with E-state index in [1.165, 1.54) is 13.2 Å². The Morgan fingerprint density at radius 3 is 2.69 bits per heavy atom. The minimum atomic E-state index is -0.388. The number of hydrogen-bond acceptors (Lipinski definition) is 5. The van der Waals surface area contributed by atoms with Gasteiger partial charge in [0.15, 0.2) is 0 Å². The minimum Gasteiger partial charge on any atom is -0.493 e. The van der Waals surface area contributed by atoms with Crippen molar-refractivity contribution < 1.29 is 23.8 Å². The third-order valence-corrected chi connectivity index (χ3v) is 4.58. The van der Waals surface area contributed by atoms with Crippen LogP contribution in [0.2, 0.25) is 0 Å². The molecule has 1 aliphatic heterocycles. The zero-order chi connectivity index (χ0) is 20.8. The lowest BCUT2D eigenvalue weighted by molar-refractivity contribution is -0.116. The molecule has 0 aromatic heterocycles. The molecule has 1 aliphatic rings. The van der Waals surface area contributed by atoms with Gasteiger partial charge in [-0.2, -0.15) is 0 Å². The Hall–Kier alpha value is -3.28. The molecule has 2 aromatic rings. The summed E-state index contributed by atoms with van der Waals surface area (Å²) in [6.45, 7) is 4.86. The molecule has 0 spiro atoms. The molecule has 1 unspecified atom stereocenters. The molecule has 0 radical (unpaired) electrons. The fourth-order valence-corrected chi connectivity index (χ4v) is 3.16. The number of fused-ring (bicyclic) bond motifs is 1. The topological polar surface area (TPSA) is 73.9 Å². The molecule has 1 atom stereocenters. The number of rotatable bonds is 7. The molecule has 152 valence electrons. The van der Waals surface area contributed by atoms with Gasteiger partial charge in [0.25, 0.3) is 0 Å². The molecule has 0 saturated heterocycles. The van der Waals surface area contributed by atoms with E-state index in [-0.39, 0.29) is 18.0 Å². The third-order valence-electron chi connectivity index (χ3n) is 4.58. The molecule has 1 heterocycles. The average molecular weight is 395 g/mol. The molecule has 29 heavy (non-hydrogen) atoms. The SMILES string of the molecule is CCOc1cc2c(cc1C=CC(=O)NCc1ccc(C(=O)OC)cc1)OC(C)C2. The zero-order valence-electron chi connectivity index (χ0n) is 16.9. The average Bonchev–Trinajstić information content (AvgIpc) is 3.09. The van der Waals surface area contributed by atoms with Crippen molar-refractivity contribution in [1.29, 1.82) is 0 Å². The first-order valence-corrected chi connectivity index (χ1v) is 9.59. The van der Waals surface area contributed by atoms with E-state index in [1.54, 1.807) is 30.3 Å². The van der Waals surface area contributed by atoms with Gasteiger partial charge in [-0.15, -0.1) is 0 Å². The van der Waals surface area contributed by atoms with Gasteiger partial charge < -0.3 is 19.5 Å². The van der Waals surface area contributed by atoms with Crippen LogP contribution in [0.4, 0.5) is 0 Å². The van der Waals surface area contributed by atoms with E-state index in [9.17, 15) is 9.59 Å². The number of ether oxygens (including phenoxy) is 3. The minimum absolute atomic E-state index is 0.146. The van der Waals surface area contributed by atoms with Gasteiger partial charge in [0.2, 0.25) is 5.91 Å². The summed E-state index contributed by atoms with van der Waals surface area (Å²) in [5, 5.41) is 2.83. The van der Waals surface area contributed by atoms with Gasteiger partial charge in [-0.25, -0.2) is 4.79 Å². The van der Waals surface area contributed by atoms with Crippen LogP contribution < -0.4 is 14.8 Å². The van der Waals surface area contributed by atoms with Crippen LogP contribution in [-0.4, -0.2) is 31.7 Å². The largest absolute Gasteiger partial charge is 0.493 e. The molecule has 0 bridgehead atoms. The van der Waals surface area contributed by atoms with Crippen LogP contribution in [0.15, 0.2) is 42.5 Å². The van der Waals surface area contributed by atoms with Gasteiger partial charge in [-0.1, -0.05) is 12.1 Å². The summed E-state index contributed by atoms with van der Waals surface area (Å²) < 4.78 is 16.2. The predicted molar refractivity (Wildman–Crippen MR) is 110 cm³/mol. The fraction of sp³-hybridized carbons (Fsp3) is 0.304. The van der Waals surface area contributed by atoms with Crippen LogP contribution in [0.5, 0.6) is 11.5 Å². The molecule has 1 N–H and O–H groups in total. The van der Waals surface area contributed by atoms with Crippen LogP contribution >= 0.6 is 0 Å². The maximum atomic E-state index is 12.2. The van der Waals surface area contributed by atoms with E-state index in [4.69, 9.17) is 9.47 Å². The van der Waals surface area contributed by atoms with Gasteiger partial charge in [0.1, 0.15) is 17.6 Å². The summed E-state index contributed by atoms with van der Waals surface area (Å²) in [4.78, 5) is 23.7. The van der Waals surface area contributed by atoms with Crippen molar-refractivity contribution in [3.05, 3.63) is 64.7 Å². The summed E-state index contributed by atoms with van der Waals surface area (Å²) in [6.07, 6.45) is 4.21. The number of methoxy groups -OCH3 is 1. The highest BCUT2D eigenvalue weighted by molar-refractivity contribution is 5.92. The highest BCUT2D eigenvalue weighted by Crippen LogP contribution is 2.35. The number of carbonyl (C=O) groups excluding carboxylic acids is 2. The van der Waals surface area contributed by atoms with Crippen molar-refractivity contribution in [3.63, 3.8) is 0 Å². The van der Waals surface area contributed by atoms with Crippen LogP contribution in [0, 0.1) is 0 Å². The predicted octanol–water partition coefficient (Wildman–Crippen LogP) is 3.52. The first kappa shape index (κ1) is 20.5. The monoisotopic (exact) mass is 395 g/mol. The van der Waals surface area contributed by atoms with E-state index in [1.807, 2.05) is 26.0 Å². The summed E-state index contributed by atoms with van der Waals surface area (Å²) in [7, 11) is 1.34. The molecule has 6 heteroatoms. The Balaban J connectivity index is 1.63. The number of benzene rings is 2. The number of esters is 1.